The first-order valence-electron chi connectivity index (χ1n) is 11.8. The van der Waals surface area contributed by atoms with Crippen molar-refractivity contribution in [1.29, 1.82) is 0 Å². The molecule has 180 valence electrons. The molecule has 0 radical (unpaired) electrons. The SMILES string of the molecule is Cc1cc(C)cc(N(CCCC(=O)NCc2ccc(CN3CCCCC3)cc2)S(C)(=O)=O)c1. The minimum absolute atomic E-state index is 0.0683. The Morgan fingerprint density at radius 1 is 0.970 bits per heavy atom. The molecule has 1 aliphatic heterocycles. The van der Waals surface area contributed by atoms with Gasteiger partial charge in [-0.25, -0.2) is 8.42 Å². The normalized spacial score (nSPS) is 14.8. The third kappa shape index (κ3) is 8.16. The summed E-state index contributed by atoms with van der Waals surface area (Å²) in [4.78, 5) is 14.8. The Balaban J connectivity index is 1.45. The van der Waals surface area contributed by atoms with Gasteiger partial charge in [-0.3, -0.25) is 14.0 Å². The standard InChI is InChI=1S/C26H37N3O3S/c1-21-16-22(2)18-25(17-21)29(33(3,31)32)15-7-8-26(30)27-19-23-9-11-24(12-10-23)20-28-13-5-4-6-14-28/h9-12,16-18H,4-8,13-15,19-20H2,1-3H3,(H,27,30). The van der Waals surface area contributed by atoms with Crippen molar-refractivity contribution in [3.63, 3.8) is 0 Å². The van der Waals surface area contributed by atoms with Crippen LogP contribution in [0.15, 0.2) is 42.5 Å². The molecule has 0 aromatic heterocycles. The summed E-state index contributed by atoms with van der Waals surface area (Å²) in [6.45, 7) is 8.01. The van der Waals surface area contributed by atoms with Crippen LogP contribution in [0.1, 0.15) is 54.4 Å². The summed E-state index contributed by atoms with van der Waals surface area (Å²) in [5.41, 5.74) is 5.05. The van der Waals surface area contributed by atoms with Crippen molar-refractivity contribution in [2.45, 2.75) is 59.0 Å². The van der Waals surface area contributed by atoms with Gasteiger partial charge in [0.25, 0.3) is 0 Å². The highest BCUT2D eigenvalue weighted by Gasteiger charge is 2.18. The zero-order valence-electron chi connectivity index (χ0n) is 20.1. The van der Waals surface area contributed by atoms with Crippen molar-refractivity contribution < 1.29 is 13.2 Å². The van der Waals surface area contributed by atoms with Gasteiger partial charge in [-0.2, -0.15) is 0 Å². The molecule has 1 amide bonds. The van der Waals surface area contributed by atoms with E-state index in [1.807, 2.05) is 32.0 Å². The maximum absolute atomic E-state index is 12.3. The van der Waals surface area contributed by atoms with Crippen molar-refractivity contribution in [1.82, 2.24) is 10.2 Å². The van der Waals surface area contributed by atoms with Crippen molar-refractivity contribution in [2.75, 3.05) is 30.2 Å². The lowest BCUT2D eigenvalue weighted by molar-refractivity contribution is -0.121. The molecule has 0 unspecified atom stereocenters. The van der Waals surface area contributed by atoms with Gasteiger partial charge in [0.15, 0.2) is 0 Å². The topological polar surface area (TPSA) is 69.7 Å². The Morgan fingerprint density at radius 3 is 2.18 bits per heavy atom. The third-order valence-corrected chi connectivity index (χ3v) is 7.22. The highest BCUT2D eigenvalue weighted by atomic mass is 32.2. The molecule has 1 saturated heterocycles. The Labute approximate surface area is 199 Å². The van der Waals surface area contributed by atoms with Crippen LogP contribution in [0.3, 0.4) is 0 Å². The number of aryl methyl sites for hydroxylation is 2. The summed E-state index contributed by atoms with van der Waals surface area (Å²) in [7, 11) is -3.42. The van der Waals surface area contributed by atoms with Crippen molar-refractivity contribution >= 4 is 21.6 Å². The quantitative estimate of drug-likeness (QED) is 0.565. The third-order valence-electron chi connectivity index (χ3n) is 6.03. The molecule has 0 saturated carbocycles. The van der Waals surface area contributed by atoms with Crippen LogP contribution in [0.5, 0.6) is 0 Å². The van der Waals surface area contributed by atoms with Gasteiger partial charge in [-0.1, -0.05) is 36.8 Å². The Bertz CT molecular complexity index is 1010. The van der Waals surface area contributed by atoms with E-state index in [0.29, 0.717) is 18.7 Å². The number of carbonyl (C=O) groups is 1. The minimum Gasteiger partial charge on any atom is -0.352 e. The Kier molecular flexibility index (Phi) is 8.92. The van der Waals surface area contributed by atoms with Gasteiger partial charge in [0, 0.05) is 26.1 Å². The van der Waals surface area contributed by atoms with Crippen molar-refractivity contribution in [3.05, 3.63) is 64.7 Å². The van der Waals surface area contributed by atoms with E-state index in [1.54, 1.807) is 0 Å². The number of anilines is 1. The van der Waals surface area contributed by atoms with Gasteiger partial charge in [0.1, 0.15) is 0 Å². The molecule has 0 spiro atoms. The molecule has 1 aliphatic rings. The first kappa shape index (κ1) is 25.2. The second-order valence-electron chi connectivity index (χ2n) is 9.21. The molecule has 0 aliphatic carbocycles. The number of piperidine rings is 1. The van der Waals surface area contributed by atoms with Crippen LogP contribution in [0, 0.1) is 13.8 Å². The largest absolute Gasteiger partial charge is 0.352 e. The van der Waals surface area contributed by atoms with Crippen LogP contribution < -0.4 is 9.62 Å². The number of nitrogens with one attached hydrogen (secondary N) is 1. The Morgan fingerprint density at radius 2 is 1.58 bits per heavy atom. The van der Waals surface area contributed by atoms with Crippen LogP contribution in [0.25, 0.3) is 0 Å². The van der Waals surface area contributed by atoms with Gasteiger partial charge in [0.2, 0.25) is 15.9 Å². The molecule has 2 aromatic carbocycles. The second kappa shape index (κ2) is 11.7. The molecule has 0 atom stereocenters. The first-order valence-corrected chi connectivity index (χ1v) is 13.7. The van der Waals surface area contributed by atoms with Crippen LogP contribution in [0.4, 0.5) is 5.69 Å². The summed E-state index contributed by atoms with van der Waals surface area (Å²) in [5.74, 6) is -0.0683. The van der Waals surface area contributed by atoms with Crippen molar-refractivity contribution in [3.8, 4) is 0 Å². The molecule has 0 bridgehead atoms. The van der Waals surface area contributed by atoms with E-state index < -0.39 is 10.0 Å². The zero-order valence-corrected chi connectivity index (χ0v) is 21.0. The molecule has 6 nitrogen and oxygen atoms in total. The smallest absolute Gasteiger partial charge is 0.232 e. The number of rotatable bonds is 10. The summed E-state index contributed by atoms with van der Waals surface area (Å²) in [6, 6.07) is 14.2. The maximum atomic E-state index is 12.3. The van der Waals surface area contributed by atoms with E-state index in [4.69, 9.17) is 0 Å². The number of likely N-dealkylation sites (tertiary alicyclic amines) is 1. The van der Waals surface area contributed by atoms with Gasteiger partial charge < -0.3 is 5.32 Å². The van der Waals surface area contributed by atoms with Crippen LogP contribution in [0.2, 0.25) is 0 Å². The fourth-order valence-corrected chi connectivity index (χ4v) is 5.34. The van der Waals surface area contributed by atoms with E-state index in [0.717, 1.165) is 23.2 Å². The number of amides is 1. The zero-order chi connectivity index (χ0) is 23.8. The highest BCUT2D eigenvalue weighted by molar-refractivity contribution is 7.92. The average molecular weight is 472 g/mol. The molecule has 1 N–H and O–H groups in total. The van der Waals surface area contributed by atoms with Gasteiger partial charge in [-0.05, 0) is 80.6 Å². The second-order valence-corrected chi connectivity index (χ2v) is 11.1. The number of nitrogens with zero attached hydrogens (tertiary/aromatic N) is 2. The van der Waals surface area contributed by atoms with Crippen LogP contribution in [-0.4, -0.2) is 45.1 Å². The predicted molar refractivity (Wildman–Crippen MR) is 135 cm³/mol. The van der Waals surface area contributed by atoms with Gasteiger partial charge in [0.05, 0.1) is 11.9 Å². The maximum Gasteiger partial charge on any atom is 0.232 e. The van der Waals surface area contributed by atoms with Crippen LogP contribution in [-0.2, 0) is 27.9 Å². The first-order chi connectivity index (χ1) is 15.7. The number of sulfonamides is 1. The monoisotopic (exact) mass is 471 g/mol. The van der Waals surface area contributed by atoms with E-state index in [1.165, 1.54) is 48.5 Å². The molecule has 1 fully saturated rings. The highest BCUT2D eigenvalue weighted by Crippen LogP contribution is 2.22. The van der Waals surface area contributed by atoms with E-state index in [-0.39, 0.29) is 18.9 Å². The summed E-state index contributed by atoms with van der Waals surface area (Å²) in [5, 5.41) is 2.95. The Hall–Kier alpha value is -2.38. The van der Waals surface area contributed by atoms with Crippen LogP contribution >= 0.6 is 0 Å². The number of benzene rings is 2. The van der Waals surface area contributed by atoms with E-state index in [9.17, 15) is 13.2 Å². The number of hydrogen-bond acceptors (Lipinski definition) is 4. The molecule has 1 heterocycles. The summed E-state index contributed by atoms with van der Waals surface area (Å²) >= 11 is 0. The average Bonchev–Trinajstić information content (AvgIpc) is 2.75. The molecule has 7 heteroatoms. The van der Waals surface area contributed by atoms with Gasteiger partial charge >= 0.3 is 0 Å². The molecular weight excluding hydrogens is 434 g/mol. The fourth-order valence-electron chi connectivity index (χ4n) is 4.39. The van der Waals surface area contributed by atoms with E-state index in [2.05, 4.69) is 34.5 Å². The van der Waals surface area contributed by atoms with E-state index >= 15 is 0 Å². The minimum atomic E-state index is -3.42. The number of carbonyl (C=O) groups excluding carboxylic acids is 1. The van der Waals surface area contributed by atoms with Crippen molar-refractivity contribution in [2.24, 2.45) is 0 Å². The fraction of sp³-hybridized carbons (Fsp3) is 0.500. The summed E-state index contributed by atoms with van der Waals surface area (Å²) < 4.78 is 26.0. The molecule has 3 rings (SSSR count). The lowest BCUT2D eigenvalue weighted by atomic mass is 10.1. The summed E-state index contributed by atoms with van der Waals surface area (Å²) in [6.07, 6.45) is 5.87. The lowest BCUT2D eigenvalue weighted by Gasteiger charge is -2.26. The molecular formula is C26H37N3O3S. The van der Waals surface area contributed by atoms with Gasteiger partial charge in [-0.15, -0.1) is 0 Å². The number of hydrogen-bond donors (Lipinski definition) is 1. The predicted octanol–water partition coefficient (Wildman–Crippen LogP) is 4.15. The lowest BCUT2D eigenvalue weighted by Crippen LogP contribution is -2.32. The molecule has 33 heavy (non-hydrogen) atoms. The molecule has 2 aromatic rings.